The number of rotatable bonds is 5. The van der Waals surface area contributed by atoms with Gasteiger partial charge in [-0.05, 0) is 30.5 Å². The highest BCUT2D eigenvalue weighted by Crippen LogP contribution is 2.29. The molecule has 1 heterocycles. The molecule has 0 atom stereocenters. The third kappa shape index (κ3) is 2.41. The van der Waals surface area contributed by atoms with Crippen LogP contribution in [0.3, 0.4) is 0 Å². The van der Waals surface area contributed by atoms with Crippen LogP contribution in [-0.2, 0) is 6.42 Å². The van der Waals surface area contributed by atoms with Crippen LogP contribution in [0.1, 0.15) is 31.2 Å². The van der Waals surface area contributed by atoms with Gasteiger partial charge in [-0.15, -0.1) is 0 Å². The molecule has 2 heteroatoms. The van der Waals surface area contributed by atoms with Crippen molar-refractivity contribution < 1.29 is 4.42 Å². The average Bonchev–Trinajstić information content (AvgIpc) is 2.69. The summed E-state index contributed by atoms with van der Waals surface area (Å²) in [7, 11) is 0. The topological polar surface area (TPSA) is 13.1 Å². The Balaban J connectivity index is 2.12. The van der Waals surface area contributed by atoms with Gasteiger partial charge in [-0.1, -0.05) is 43.9 Å². The second-order valence-corrected chi connectivity index (χ2v) is 4.45. The first kappa shape index (κ1) is 11.5. The van der Waals surface area contributed by atoms with E-state index in [9.17, 15) is 0 Å². The lowest BCUT2D eigenvalue weighted by atomic mass is 10.1. The number of benzene rings is 1. The lowest BCUT2D eigenvalue weighted by Gasteiger charge is -1.99. The fourth-order valence-electron chi connectivity index (χ4n) is 1.96. The van der Waals surface area contributed by atoms with Gasteiger partial charge in [0.15, 0.2) is 0 Å². The van der Waals surface area contributed by atoms with Crippen molar-refractivity contribution in [3.8, 4) is 0 Å². The third-order valence-electron chi connectivity index (χ3n) is 2.82. The maximum absolute atomic E-state index is 6.17. The van der Waals surface area contributed by atoms with Gasteiger partial charge in [-0.2, -0.15) is 0 Å². The van der Waals surface area contributed by atoms with E-state index in [1.54, 1.807) is 0 Å². The van der Waals surface area contributed by atoms with E-state index in [0.29, 0.717) is 0 Å². The molecule has 0 amide bonds. The molecular formula is C14H16ClO. The maximum Gasteiger partial charge on any atom is 0.135 e. The molecule has 1 aromatic carbocycles. The van der Waals surface area contributed by atoms with Crippen LogP contribution in [0, 0.1) is 6.92 Å². The van der Waals surface area contributed by atoms with Crippen molar-refractivity contribution in [2.75, 3.05) is 0 Å². The molecule has 0 bridgehead atoms. The molecule has 0 saturated heterocycles. The van der Waals surface area contributed by atoms with Crippen LogP contribution >= 0.6 is 11.6 Å². The van der Waals surface area contributed by atoms with Crippen LogP contribution in [0.4, 0.5) is 0 Å². The minimum absolute atomic E-state index is 0.790. The summed E-state index contributed by atoms with van der Waals surface area (Å²) in [6, 6.07) is 5.79. The number of furan rings is 1. The summed E-state index contributed by atoms with van der Waals surface area (Å²) in [4.78, 5) is 0. The summed E-state index contributed by atoms with van der Waals surface area (Å²) in [6.07, 6.45) is 7.49. The molecule has 1 aromatic heterocycles. The Morgan fingerprint density at radius 1 is 1.19 bits per heavy atom. The minimum Gasteiger partial charge on any atom is -0.464 e. The Morgan fingerprint density at radius 2 is 2.06 bits per heavy atom. The predicted molar refractivity (Wildman–Crippen MR) is 68.8 cm³/mol. The summed E-state index contributed by atoms with van der Waals surface area (Å²) in [6.45, 7) is 3.84. The summed E-state index contributed by atoms with van der Waals surface area (Å²) in [5, 5.41) is 1.87. The lowest BCUT2D eigenvalue weighted by molar-refractivity contribution is 0.605. The number of halogens is 1. The maximum atomic E-state index is 6.17. The van der Waals surface area contributed by atoms with Crippen LogP contribution in [0.2, 0.25) is 5.02 Å². The van der Waals surface area contributed by atoms with Crippen LogP contribution < -0.4 is 0 Å². The molecule has 0 aliphatic heterocycles. The highest BCUT2D eigenvalue weighted by Gasteiger charge is 2.08. The second-order valence-electron chi connectivity index (χ2n) is 4.04. The van der Waals surface area contributed by atoms with Crippen molar-refractivity contribution in [1.29, 1.82) is 0 Å². The molecule has 0 aliphatic rings. The molecule has 2 rings (SSSR count). The van der Waals surface area contributed by atoms with Crippen LogP contribution in [0.25, 0.3) is 11.0 Å². The van der Waals surface area contributed by atoms with Crippen LogP contribution in [0.5, 0.6) is 0 Å². The van der Waals surface area contributed by atoms with E-state index >= 15 is 0 Å². The molecule has 85 valence electrons. The van der Waals surface area contributed by atoms with Crippen LogP contribution in [-0.4, -0.2) is 0 Å². The zero-order chi connectivity index (χ0) is 11.4. The van der Waals surface area contributed by atoms with E-state index < -0.39 is 0 Å². The SMILES string of the molecule is [CH2]CCCCCc1coc2cccc(Cl)c12. The number of fused-ring (bicyclic) bond motifs is 1. The van der Waals surface area contributed by atoms with Crippen molar-refractivity contribution in [3.63, 3.8) is 0 Å². The second kappa shape index (κ2) is 5.40. The van der Waals surface area contributed by atoms with E-state index in [-0.39, 0.29) is 0 Å². The molecular weight excluding hydrogens is 220 g/mol. The fraction of sp³-hybridized carbons (Fsp3) is 0.357. The zero-order valence-corrected chi connectivity index (χ0v) is 10.1. The standard InChI is InChI=1S/C14H16ClO/c1-2-3-4-5-7-11-10-16-13-9-6-8-12(15)14(11)13/h6,8-10H,1-5,7H2. The average molecular weight is 236 g/mol. The fourth-order valence-corrected chi connectivity index (χ4v) is 2.25. The van der Waals surface area contributed by atoms with Crippen molar-refractivity contribution >= 4 is 22.6 Å². The van der Waals surface area contributed by atoms with Gasteiger partial charge in [0, 0.05) is 5.39 Å². The Morgan fingerprint density at radius 3 is 2.88 bits per heavy atom. The highest BCUT2D eigenvalue weighted by molar-refractivity contribution is 6.35. The van der Waals surface area contributed by atoms with E-state index in [4.69, 9.17) is 16.0 Å². The van der Waals surface area contributed by atoms with Crippen molar-refractivity contribution in [2.45, 2.75) is 32.1 Å². The van der Waals surface area contributed by atoms with Crippen molar-refractivity contribution in [2.24, 2.45) is 0 Å². The number of aryl methyl sites for hydroxylation is 1. The van der Waals surface area contributed by atoms with Gasteiger partial charge in [-0.25, -0.2) is 0 Å². The molecule has 0 fully saturated rings. The van der Waals surface area contributed by atoms with Gasteiger partial charge < -0.3 is 4.42 Å². The molecule has 16 heavy (non-hydrogen) atoms. The number of hydrogen-bond acceptors (Lipinski definition) is 1. The van der Waals surface area contributed by atoms with Gasteiger partial charge >= 0.3 is 0 Å². The molecule has 0 saturated carbocycles. The first-order valence-electron chi connectivity index (χ1n) is 5.77. The Hall–Kier alpha value is -0.950. The smallest absolute Gasteiger partial charge is 0.135 e. The van der Waals surface area contributed by atoms with E-state index in [2.05, 4.69) is 6.92 Å². The van der Waals surface area contributed by atoms with Crippen LogP contribution in [0.15, 0.2) is 28.9 Å². The highest BCUT2D eigenvalue weighted by atomic mass is 35.5. The van der Waals surface area contributed by atoms with Crippen molar-refractivity contribution in [1.82, 2.24) is 0 Å². The Bertz CT molecular complexity index is 459. The van der Waals surface area contributed by atoms with E-state index in [1.807, 2.05) is 24.5 Å². The zero-order valence-electron chi connectivity index (χ0n) is 9.34. The van der Waals surface area contributed by atoms with E-state index in [0.717, 1.165) is 28.8 Å². The summed E-state index contributed by atoms with van der Waals surface area (Å²) >= 11 is 6.17. The molecule has 2 aromatic rings. The molecule has 1 radical (unpaired) electrons. The summed E-state index contributed by atoms with van der Waals surface area (Å²) in [5.41, 5.74) is 2.12. The lowest BCUT2D eigenvalue weighted by Crippen LogP contribution is -1.84. The van der Waals surface area contributed by atoms with Gasteiger partial charge in [-0.3, -0.25) is 0 Å². The molecule has 0 spiro atoms. The molecule has 0 N–H and O–H groups in total. The normalized spacial score (nSPS) is 11.1. The monoisotopic (exact) mass is 235 g/mol. The first-order chi connectivity index (χ1) is 7.83. The Labute approximate surface area is 101 Å². The molecule has 1 nitrogen and oxygen atoms in total. The van der Waals surface area contributed by atoms with Gasteiger partial charge in [0.25, 0.3) is 0 Å². The van der Waals surface area contributed by atoms with Crippen molar-refractivity contribution in [3.05, 3.63) is 42.0 Å². The minimum atomic E-state index is 0.790. The quantitative estimate of drug-likeness (QED) is 0.663. The largest absolute Gasteiger partial charge is 0.464 e. The predicted octanol–water partition coefficient (Wildman–Crippen LogP) is 5.02. The van der Waals surface area contributed by atoms with E-state index in [1.165, 1.54) is 24.8 Å². The summed E-state index contributed by atoms with van der Waals surface area (Å²) in [5.74, 6) is 0. The molecule has 0 unspecified atom stereocenters. The summed E-state index contributed by atoms with van der Waals surface area (Å²) < 4.78 is 5.49. The number of hydrogen-bond donors (Lipinski definition) is 0. The Kier molecular flexibility index (Phi) is 3.89. The molecule has 0 aliphatic carbocycles. The third-order valence-corrected chi connectivity index (χ3v) is 3.14. The van der Waals surface area contributed by atoms with Gasteiger partial charge in [0.05, 0.1) is 11.3 Å². The first-order valence-corrected chi connectivity index (χ1v) is 6.14. The number of unbranched alkanes of at least 4 members (excludes halogenated alkanes) is 3. The van der Waals surface area contributed by atoms with Gasteiger partial charge in [0.1, 0.15) is 5.58 Å². The van der Waals surface area contributed by atoms with Gasteiger partial charge in [0.2, 0.25) is 0 Å².